The molecule has 1 aliphatic heterocycles. The topological polar surface area (TPSA) is 126 Å². The van der Waals surface area contributed by atoms with Crippen LogP contribution in [0.25, 0.3) is 0 Å². The number of esters is 1. The molecule has 0 radical (unpaired) electrons. The van der Waals surface area contributed by atoms with Gasteiger partial charge < -0.3 is 20.7 Å². The van der Waals surface area contributed by atoms with E-state index < -0.39 is 47.3 Å². The number of fused-ring (bicyclic) bond motifs is 2. The number of allylic oxidation sites excluding steroid dienone is 2. The molecule has 2 heterocycles. The van der Waals surface area contributed by atoms with Crippen LogP contribution in [-0.4, -0.2) is 46.6 Å². The van der Waals surface area contributed by atoms with Crippen molar-refractivity contribution in [3.8, 4) is 0 Å². The molecule has 1 aromatic rings. The van der Waals surface area contributed by atoms with Crippen molar-refractivity contribution in [2.24, 2.45) is 0 Å². The number of carbonyl (C=O) groups excluding carboxylic acids is 4. The zero-order valence-electron chi connectivity index (χ0n) is 17.7. The van der Waals surface area contributed by atoms with E-state index in [0.29, 0.717) is 12.2 Å². The lowest BCUT2D eigenvalue weighted by Gasteiger charge is -2.19. The van der Waals surface area contributed by atoms with Crippen molar-refractivity contribution >= 4 is 36.3 Å². The SMILES string of the molecule is C/C=C1\NC(=O)c2nc(ccc2F)CNC(=O)C[C@@H](/C=C/CCS)OC(=O)[C@H](C)NC1=O. The molecule has 3 amide bonds. The van der Waals surface area contributed by atoms with Crippen LogP contribution < -0.4 is 16.0 Å². The third-order valence-electron chi connectivity index (χ3n) is 4.37. The van der Waals surface area contributed by atoms with Crippen LogP contribution in [0.1, 0.15) is 42.9 Å². The number of thiol groups is 1. The van der Waals surface area contributed by atoms with Gasteiger partial charge in [0.25, 0.3) is 11.8 Å². The van der Waals surface area contributed by atoms with E-state index in [1.165, 1.54) is 26.0 Å². The van der Waals surface area contributed by atoms with Crippen molar-refractivity contribution in [1.82, 2.24) is 20.9 Å². The molecule has 0 spiro atoms. The van der Waals surface area contributed by atoms with Crippen molar-refractivity contribution in [3.05, 3.63) is 53.3 Å². The number of nitrogens with zero attached hydrogens (tertiary/aromatic N) is 1. The van der Waals surface area contributed by atoms with Gasteiger partial charge in [-0.25, -0.2) is 14.2 Å². The van der Waals surface area contributed by atoms with Crippen molar-refractivity contribution in [1.29, 1.82) is 0 Å². The lowest BCUT2D eigenvalue weighted by Crippen LogP contribution is -2.44. The molecule has 0 saturated carbocycles. The first-order valence-electron chi connectivity index (χ1n) is 9.93. The molecule has 172 valence electrons. The van der Waals surface area contributed by atoms with Crippen LogP contribution in [0.4, 0.5) is 4.39 Å². The lowest BCUT2D eigenvalue weighted by molar-refractivity contribution is -0.151. The van der Waals surface area contributed by atoms with E-state index >= 15 is 0 Å². The Bertz CT molecular complexity index is 950. The van der Waals surface area contributed by atoms with Gasteiger partial charge in [-0.05, 0) is 44.2 Å². The maximum atomic E-state index is 14.2. The number of halogens is 1. The highest BCUT2D eigenvalue weighted by atomic mass is 32.1. The number of ether oxygens (including phenoxy) is 1. The third-order valence-corrected chi connectivity index (χ3v) is 4.63. The summed E-state index contributed by atoms with van der Waals surface area (Å²) >= 11 is 4.11. The zero-order valence-corrected chi connectivity index (χ0v) is 18.6. The van der Waals surface area contributed by atoms with Crippen molar-refractivity contribution in [2.75, 3.05) is 5.75 Å². The summed E-state index contributed by atoms with van der Waals surface area (Å²) < 4.78 is 19.5. The zero-order chi connectivity index (χ0) is 23.7. The number of nitrogens with one attached hydrogen (secondary N) is 3. The van der Waals surface area contributed by atoms with Gasteiger partial charge in [0.1, 0.15) is 17.8 Å². The Balaban J connectivity index is 2.36. The van der Waals surface area contributed by atoms with Crippen molar-refractivity contribution in [2.45, 2.75) is 45.4 Å². The molecule has 3 N–H and O–H groups in total. The Morgan fingerprint density at radius 2 is 2.00 bits per heavy atom. The normalized spacial score (nSPS) is 22.3. The average molecular weight is 465 g/mol. The second kappa shape index (κ2) is 12.0. The molecule has 0 unspecified atom stereocenters. The number of cyclic esters (lactones) is 1. The van der Waals surface area contributed by atoms with Crippen LogP contribution >= 0.6 is 12.6 Å². The summed E-state index contributed by atoms with van der Waals surface area (Å²) in [5.41, 5.74) is -0.487. The van der Waals surface area contributed by atoms with Crippen LogP contribution in [0.2, 0.25) is 0 Å². The van der Waals surface area contributed by atoms with Gasteiger partial charge in [-0.3, -0.25) is 14.4 Å². The third kappa shape index (κ3) is 7.19. The van der Waals surface area contributed by atoms with Crippen molar-refractivity contribution < 1.29 is 28.3 Å². The molecule has 0 aromatic carbocycles. The second-order valence-electron chi connectivity index (χ2n) is 6.88. The second-order valence-corrected chi connectivity index (χ2v) is 7.33. The summed E-state index contributed by atoms with van der Waals surface area (Å²) in [6.45, 7) is 2.82. The van der Waals surface area contributed by atoms with Crippen LogP contribution in [0.15, 0.2) is 36.1 Å². The predicted molar refractivity (Wildman–Crippen MR) is 117 cm³/mol. The molecule has 2 bridgehead atoms. The number of hydrogen-bond acceptors (Lipinski definition) is 7. The minimum atomic E-state index is -1.08. The molecule has 0 aliphatic carbocycles. The van der Waals surface area contributed by atoms with E-state index in [1.54, 1.807) is 12.2 Å². The van der Waals surface area contributed by atoms with E-state index in [2.05, 4.69) is 33.6 Å². The lowest BCUT2D eigenvalue weighted by atomic mass is 10.2. The first-order chi connectivity index (χ1) is 15.2. The Hall–Kier alpha value is -3.21. The predicted octanol–water partition coefficient (Wildman–Crippen LogP) is 1.17. The Kier molecular flexibility index (Phi) is 9.39. The van der Waals surface area contributed by atoms with Gasteiger partial charge in [0.05, 0.1) is 18.7 Å². The molecule has 2 atom stereocenters. The highest BCUT2D eigenvalue weighted by Gasteiger charge is 2.25. The maximum absolute atomic E-state index is 14.2. The first-order valence-corrected chi connectivity index (χ1v) is 10.6. The molecular formula is C21H25FN4O5S. The number of amides is 3. The Morgan fingerprint density at radius 1 is 1.25 bits per heavy atom. The summed E-state index contributed by atoms with van der Waals surface area (Å²) in [6.07, 6.45) is 4.19. The van der Waals surface area contributed by atoms with Crippen LogP contribution in [-0.2, 0) is 25.7 Å². The van der Waals surface area contributed by atoms with Crippen molar-refractivity contribution in [3.63, 3.8) is 0 Å². The number of pyridine rings is 1. The summed E-state index contributed by atoms with van der Waals surface area (Å²) in [5.74, 6) is -3.24. The molecule has 0 saturated heterocycles. The van der Waals surface area contributed by atoms with Gasteiger partial charge in [-0.2, -0.15) is 12.6 Å². The monoisotopic (exact) mass is 464 g/mol. The Labute approximate surface area is 190 Å². The number of hydrogen-bond donors (Lipinski definition) is 4. The van der Waals surface area contributed by atoms with E-state index in [-0.39, 0.29) is 24.4 Å². The van der Waals surface area contributed by atoms with Gasteiger partial charge in [0.15, 0.2) is 11.5 Å². The Morgan fingerprint density at radius 3 is 2.69 bits per heavy atom. The standard InChI is InChI=1S/C21H25FN4O5S/c1-3-16-19(28)24-12(2)21(30)31-14(6-4-5-9-32)10-17(27)23-11-13-7-8-15(22)18(25-13)20(29)26-16/h3-4,6-8,12,14,32H,5,9-11H2,1-2H3,(H,23,27)(H,24,28)(H,26,29)/b6-4+,16-3-/t12-,14+/m0/s1. The van der Waals surface area contributed by atoms with Crippen LogP contribution in [0.3, 0.4) is 0 Å². The maximum Gasteiger partial charge on any atom is 0.328 e. The summed E-state index contributed by atoms with van der Waals surface area (Å²) in [7, 11) is 0. The summed E-state index contributed by atoms with van der Waals surface area (Å²) in [6, 6.07) is 1.30. The molecule has 0 fully saturated rings. The van der Waals surface area contributed by atoms with Gasteiger partial charge >= 0.3 is 5.97 Å². The molecule has 2 rings (SSSR count). The fourth-order valence-corrected chi connectivity index (χ4v) is 2.83. The molecule has 1 aromatic heterocycles. The van der Waals surface area contributed by atoms with E-state index in [1.807, 2.05) is 0 Å². The molecule has 11 heteroatoms. The van der Waals surface area contributed by atoms with Crippen LogP contribution in [0, 0.1) is 5.82 Å². The van der Waals surface area contributed by atoms with Gasteiger partial charge in [0, 0.05) is 0 Å². The van der Waals surface area contributed by atoms with Gasteiger partial charge in [-0.1, -0.05) is 12.2 Å². The number of rotatable bonds is 3. The van der Waals surface area contributed by atoms with E-state index in [4.69, 9.17) is 4.74 Å². The minimum absolute atomic E-state index is 0.0756. The number of carbonyl (C=O) groups is 4. The quantitative estimate of drug-likeness (QED) is 0.230. The van der Waals surface area contributed by atoms with Gasteiger partial charge in [-0.15, -0.1) is 0 Å². The van der Waals surface area contributed by atoms with E-state index in [9.17, 15) is 23.6 Å². The minimum Gasteiger partial charge on any atom is -0.456 e. The summed E-state index contributed by atoms with van der Waals surface area (Å²) in [5, 5.41) is 7.29. The molecule has 1 aliphatic rings. The van der Waals surface area contributed by atoms with E-state index in [0.717, 1.165) is 6.07 Å². The largest absolute Gasteiger partial charge is 0.456 e. The molecule has 9 nitrogen and oxygen atoms in total. The van der Waals surface area contributed by atoms with Gasteiger partial charge in [0.2, 0.25) is 5.91 Å². The number of aromatic nitrogens is 1. The highest BCUT2D eigenvalue weighted by molar-refractivity contribution is 7.80. The highest BCUT2D eigenvalue weighted by Crippen LogP contribution is 2.10. The fourth-order valence-electron chi connectivity index (χ4n) is 2.68. The smallest absolute Gasteiger partial charge is 0.328 e. The first kappa shape index (κ1) is 25.1. The summed E-state index contributed by atoms with van der Waals surface area (Å²) in [4.78, 5) is 53.7. The average Bonchev–Trinajstić information content (AvgIpc) is 2.75. The molecular weight excluding hydrogens is 439 g/mol. The fraction of sp³-hybridized carbons (Fsp3) is 0.381. The molecule has 32 heavy (non-hydrogen) atoms. The van der Waals surface area contributed by atoms with Crippen LogP contribution in [0.5, 0.6) is 0 Å².